The molecule has 6 heteroatoms. The van der Waals surface area contributed by atoms with Crippen molar-refractivity contribution < 1.29 is 18.0 Å². The molecule has 0 bridgehead atoms. The maximum Gasteiger partial charge on any atom is 0.461 e. The summed E-state index contributed by atoms with van der Waals surface area (Å²) in [5.74, 6) is 0. The molecule has 50 valence electrons. The molecule has 0 N–H and O–H groups in total. The fourth-order valence-corrected chi connectivity index (χ4v) is 0.298. The highest BCUT2D eigenvalue weighted by Gasteiger charge is 2.38. The van der Waals surface area contributed by atoms with Gasteiger partial charge in [0.15, 0.2) is 0 Å². The quantitative estimate of drug-likeness (QED) is 0.495. The van der Waals surface area contributed by atoms with Gasteiger partial charge in [-0.1, -0.05) is 0 Å². The normalized spacial score (nSPS) is 10.4. The maximum atomic E-state index is 11.1. The van der Waals surface area contributed by atoms with Crippen LogP contribution in [0.1, 0.15) is 0 Å². The zero-order valence-corrected chi connectivity index (χ0v) is 4.71. The third kappa shape index (κ3) is 2.98. The molecule has 0 aliphatic carbocycles. The third-order valence-corrected chi connectivity index (χ3v) is 0.878. The van der Waals surface area contributed by atoms with Gasteiger partial charge in [-0.05, 0) is 0 Å². The summed E-state index contributed by atoms with van der Waals surface area (Å²) in [5, 5.41) is 6.53. The van der Waals surface area contributed by atoms with Gasteiger partial charge in [-0.15, -0.1) is 0 Å². The van der Waals surface area contributed by atoms with Gasteiger partial charge in [0.2, 0.25) is 0 Å². The second kappa shape index (κ2) is 2.73. The molecule has 0 saturated heterocycles. The van der Waals surface area contributed by atoms with Gasteiger partial charge < -0.3 is 0 Å². The lowest BCUT2D eigenvalue weighted by molar-refractivity contribution is -0.160. The predicted octanol–water partition coefficient (Wildman–Crippen LogP) is 1.29. The van der Waals surface area contributed by atoms with Crippen molar-refractivity contribution in [2.75, 3.05) is 0 Å². The van der Waals surface area contributed by atoms with Crippen LogP contribution in [0, 0.1) is 10.7 Å². The van der Waals surface area contributed by atoms with Crippen LogP contribution in [0.2, 0.25) is 0 Å². The second-order valence-corrected chi connectivity index (χ2v) is 1.74. The first kappa shape index (κ1) is 8.30. The van der Waals surface area contributed by atoms with Crippen molar-refractivity contribution in [2.24, 2.45) is 0 Å². The zero-order chi connectivity index (χ0) is 7.49. The van der Waals surface area contributed by atoms with Gasteiger partial charge in [0.1, 0.15) is 5.40 Å². The standard InChI is InChI=1S/C3F3NOS/c4-3(5,6)2(8)9-1-7. The fourth-order valence-electron chi connectivity index (χ4n) is 0.0993. The molecule has 0 aromatic rings. The van der Waals surface area contributed by atoms with Crippen LogP contribution in [0.15, 0.2) is 0 Å². The largest absolute Gasteiger partial charge is 0.461 e. The fraction of sp³-hybridized carbons (Fsp3) is 0.333. The van der Waals surface area contributed by atoms with Crippen molar-refractivity contribution in [2.45, 2.75) is 6.18 Å². The molecule has 0 atom stereocenters. The van der Waals surface area contributed by atoms with E-state index in [9.17, 15) is 18.0 Å². The number of hydrogen-bond donors (Lipinski definition) is 0. The van der Waals surface area contributed by atoms with Crippen LogP contribution in [-0.2, 0) is 4.79 Å². The molecular formula is C3F3NOS. The second-order valence-electron chi connectivity index (χ2n) is 0.979. The molecule has 9 heavy (non-hydrogen) atoms. The SMILES string of the molecule is N#CSC(=O)C(F)(F)F. The Morgan fingerprint density at radius 2 is 2.00 bits per heavy atom. The topological polar surface area (TPSA) is 40.9 Å². The van der Waals surface area contributed by atoms with Gasteiger partial charge in [-0.25, -0.2) is 0 Å². The van der Waals surface area contributed by atoms with Crippen LogP contribution in [-0.4, -0.2) is 11.3 Å². The first-order valence-electron chi connectivity index (χ1n) is 1.65. The molecule has 0 radical (unpaired) electrons. The van der Waals surface area contributed by atoms with E-state index in [1.165, 1.54) is 0 Å². The summed E-state index contributed by atoms with van der Waals surface area (Å²) in [6, 6.07) is 0. The Morgan fingerprint density at radius 3 is 2.11 bits per heavy atom. The van der Waals surface area contributed by atoms with Crippen LogP contribution in [0.25, 0.3) is 0 Å². The lowest BCUT2D eigenvalue weighted by Gasteiger charge is -1.97. The third-order valence-electron chi connectivity index (χ3n) is 0.370. The minimum atomic E-state index is -4.89. The highest BCUT2D eigenvalue weighted by atomic mass is 32.2. The summed E-state index contributed by atoms with van der Waals surface area (Å²) >= 11 is -0.420. The van der Waals surface area contributed by atoms with E-state index in [1.807, 2.05) is 0 Å². The Bertz CT molecular complexity index is 157. The molecular weight excluding hydrogens is 155 g/mol. The molecule has 0 aromatic carbocycles. The lowest BCUT2D eigenvalue weighted by Crippen LogP contribution is -2.18. The Hall–Kier alpha value is -0.700. The molecule has 0 amide bonds. The number of carbonyl (C=O) groups excluding carboxylic acids is 1. The smallest absolute Gasteiger partial charge is 0.276 e. The van der Waals surface area contributed by atoms with Gasteiger partial charge in [0, 0.05) is 11.8 Å². The van der Waals surface area contributed by atoms with Crippen molar-refractivity contribution >= 4 is 16.9 Å². The monoisotopic (exact) mass is 155 g/mol. The summed E-state index contributed by atoms with van der Waals surface area (Å²) in [6.45, 7) is 0. The highest BCUT2D eigenvalue weighted by molar-refractivity contribution is 8.17. The number of thiocyanates is 1. The van der Waals surface area contributed by atoms with E-state index >= 15 is 0 Å². The molecule has 0 unspecified atom stereocenters. The number of rotatable bonds is 0. The van der Waals surface area contributed by atoms with E-state index in [4.69, 9.17) is 5.26 Å². The molecule has 0 fully saturated rings. The first-order chi connectivity index (χ1) is 3.98. The van der Waals surface area contributed by atoms with Crippen LogP contribution in [0.5, 0.6) is 0 Å². The van der Waals surface area contributed by atoms with Gasteiger partial charge >= 0.3 is 11.3 Å². The van der Waals surface area contributed by atoms with E-state index in [2.05, 4.69) is 0 Å². The Kier molecular flexibility index (Phi) is 2.52. The number of nitriles is 1. The molecule has 0 spiro atoms. The predicted molar refractivity (Wildman–Crippen MR) is 24.3 cm³/mol. The zero-order valence-electron chi connectivity index (χ0n) is 3.90. The molecule has 0 aliphatic rings. The Balaban J connectivity index is 3.93. The van der Waals surface area contributed by atoms with Crippen molar-refractivity contribution in [3.8, 4) is 5.40 Å². The first-order valence-corrected chi connectivity index (χ1v) is 2.47. The van der Waals surface area contributed by atoms with E-state index in [-0.39, 0.29) is 0 Å². The number of hydrogen-bond acceptors (Lipinski definition) is 3. The summed E-state index contributed by atoms with van der Waals surface area (Å²) in [4.78, 5) is 9.68. The molecule has 0 saturated carbocycles. The lowest BCUT2D eigenvalue weighted by atomic mass is 10.8. The average molecular weight is 155 g/mol. The number of halogens is 3. The van der Waals surface area contributed by atoms with Crippen molar-refractivity contribution in [3.63, 3.8) is 0 Å². The van der Waals surface area contributed by atoms with E-state index in [0.717, 1.165) is 5.40 Å². The van der Waals surface area contributed by atoms with Crippen LogP contribution >= 0.6 is 11.8 Å². The van der Waals surface area contributed by atoms with Gasteiger partial charge in [0.25, 0.3) is 0 Å². The number of alkyl halides is 3. The Morgan fingerprint density at radius 1 is 1.56 bits per heavy atom. The summed E-state index contributed by atoms with van der Waals surface area (Å²) in [6.07, 6.45) is -4.89. The minimum Gasteiger partial charge on any atom is -0.276 e. The van der Waals surface area contributed by atoms with Gasteiger partial charge in [-0.3, -0.25) is 4.79 Å². The minimum absolute atomic E-state index is 0.420. The summed E-state index contributed by atoms with van der Waals surface area (Å²) in [7, 11) is 0. The summed E-state index contributed by atoms with van der Waals surface area (Å²) in [5.41, 5.74) is 0. The highest BCUT2D eigenvalue weighted by Crippen LogP contribution is 2.22. The van der Waals surface area contributed by atoms with Crippen molar-refractivity contribution in [1.82, 2.24) is 0 Å². The van der Waals surface area contributed by atoms with Crippen molar-refractivity contribution in [1.29, 1.82) is 5.26 Å². The number of nitrogens with zero attached hydrogens (tertiary/aromatic N) is 1. The maximum absolute atomic E-state index is 11.1. The average Bonchev–Trinajstić information content (AvgIpc) is 1.64. The van der Waals surface area contributed by atoms with Gasteiger partial charge in [0.05, 0.1) is 0 Å². The molecule has 0 heterocycles. The number of thioether (sulfide) groups is 1. The summed E-state index contributed by atoms with van der Waals surface area (Å²) < 4.78 is 33.3. The molecule has 0 aromatic heterocycles. The van der Waals surface area contributed by atoms with Gasteiger partial charge in [-0.2, -0.15) is 18.4 Å². The van der Waals surface area contributed by atoms with Crippen LogP contribution in [0.4, 0.5) is 13.2 Å². The molecule has 0 aliphatic heterocycles. The van der Waals surface area contributed by atoms with E-state index < -0.39 is 23.1 Å². The van der Waals surface area contributed by atoms with E-state index in [1.54, 1.807) is 0 Å². The molecule has 2 nitrogen and oxygen atoms in total. The van der Waals surface area contributed by atoms with Crippen LogP contribution in [0.3, 0.4) is 0 Å². The Labute approximate surface area is 52.6 Å². The number of carbonyl (C=O) groups is 1. The van der Waals surface area contributed by atoms with Crippen molar-refractivity contribution in [3.05, 3.63) is 0 Å². The molecule has 0 rings (SSSR count). The van der Waals surface area contributed by atoms with E-state index in [0.29, 0.717) is 0 Å². The van der Waals surface area contributed by atoms with Crippen LogP contribution < -0.4 is 0 Å².